The molecule has 0 atom stereocenters. The second-order valence-corrected chi connectivity index (χ2v) is 9.98. The predicted molar refractivity (Wildman–Crippen MR) is 117 cm³/mol. The number of hydrogen-bond donors (Lipinski definition) is 1. The van der Waals surface area contributed by atoms with Gasteiger partial charge in [-0.25, -0.2) is 14.7 Å². The number of imide groups is 1. The molecule has 1 saturated carbocycles. The number of carbonyl (C=O) groups is 2. The van der Waals surface area contributed by atoms with Gasteiger partial charge in [0.05, 0.1) is 12.4 Å². The SMILES string of the molecule is CC1CCC2(CC1)NC(=O)N(CN1CCN(Cc3cc(=O)n4ccsc4n3)CC1)C2=O. The van der Waals surface area contributed by atoms with E-state index in [0.29, 0.717) is 24.1 Å². The van der Waals surface area contributed by atoms with Crippen LogP contribution < -0.4 is 10.9 Å². The van der Waals surface area contributed by atoms with Gasteiger partial charge in [0.25, 0.3) is 11.5 Å². The van der Waals surface area contributed by atoms with E-state index in [1.807, 2.05) is 5.38 Å². The molecule has 0 aromatic carbocycles. The third-order valence-electron chi connectivity index (χ3n) is 6.92. The van der Waals surface area contributed by atoms with E-state index in [1.165, 1.54) is 16.2 Å². The van der Waals surface area contributed by atoms with Crippen LogP contribution in [-0.2, 0) is 11.3 Å². The Morgan fingerprint density at radius 1 is 1.13 bits per heavy atom. The van der Waals surface area contributed by atoms with Crippen molar-refractivity contribution in [3.05, 3.63) is 33.7 Å². The number of fused-ring (bicyclic) bond motifs is 1. The molecule has 0 unspecified atom stereocenters. The first-order valence-electron chi connectivity index (χ1n) is 11.0. The van der Waals surface area contributed by atoms with Crippen LogP contribution in [0.15, 0.2) is 22.4 Å². The Morgan fingerprint density at radius 2 is 1.84 bits per heavy atom. The maximum Gasteiger partial charge on any atom is 0.326 e. The van der Waals surface area contributed by atoms with Crippen LogP contribution in [0.3, 0.4) is 0 Å². The molecule has 4 heterocycles. The quantitative estimate of drug-likeness (QED) is 0.716. The minimum atomic E-state index is -0.675. The fraction of sp³-hybridized carbons (Fsp3) is 0.619. The zero-order chi connectivity index (χ0) is 21.6. The van der Waals surface area contributed by atoms with E-state index in [4.69, 9.17) is 0 Å². The van der Waals surface area contributed by atoms with Crippen LogP contribution in [0.5, 0.6) is 0 Å². The molecular formula is C21H28N6O3S. The predicted octanol–water partition coefficient (Wildman–Crippen LogP) is 1.33. The molecule has 3 aliphatic rings. The normalized spacial score (nSPS) is 28.0. The molecule has 3 fully saturated rings. The summed E-state index contributed by atoms with van der Waals surface area (Å²) in [6, 6.07) is 1.35. The first-order valence-corrected chi connectivity index (χ1v) is 11.9. The standard InChI is InChI=1S/C21H28N6O3S/c1-15-2-4-21(5-3-15)18(29)27(19(30)23-21)14-25-8-6-24(7-9-25)13-16-12-17(28)26-10-11-31-20(26)22-16/h10-12,15H,2-9,13-14H2,1H3,(H,23,30). The third kappa shape index (κ3) is 3.88. The topological polar surface area (TPSA) is 90.3 Å². The molecule has 9 nitrogen and oxygen atoms in total. The highest BCUT2D eigenvalue weighted by molar-refractivity contribution is 7.15. The number of aromatic nitrogens is 2. The summed E-state index contributed by atoms with van der Waals surface area (Å²) < 4.78 is 1.56. The molecule has 0 bridgehead atoms. The lowest BCUT2D eigenvalue weighted by Gasteiger charge is -2.36. The second kappa shape index (κ2) is 7.99. The summed E-state index contributed by atoms with van der Waals surface area (Å²) in [4.78, 5) is 48.9. The zero-order valence-corrected chi connectivity index (χ0v) is 18.6. The minimum absolute atomic E-state index is 0.0514. The highest BCUT2D eigenvalue weighted by Crippen LogP contribution is 2.36. The van der Waals surface area contributed by atoms with E-state index >= 15 is 0 Å². The molecule has 5 rings (SSSR count). The number of nitrogens with zero attached hydrogens (tertiary/aromatic N) is 5. The van der Waals surface area contributed by atoms with Crippen molar-refractivity contribution in [2.24, 2.45) is 5.92 Å². The molecule has 1 N–H and O–H groups in total. The van der Waals surface area contributed by atoms with Gasteiger partial charge >= 0.3 is 6.03 Å². The van der Waals surface area contributed by atoms with E-state index in [0.717, 1.165) is 57.6 Å². The van der Waals surface area contributed by atoms with Gasteiger partial charge in [0.1, 0.15) is 5.54 Å². The van der Waals surface area contributed by atoms with Crippen LogP contribution in [-0.4, -0.2) is 74.4 Å². The Bertz CT molecular complexity index is 1050. The average molecular weight is 445 g/mol. The van der Waals surface area contributed by atoms with Crippen LogP contribution in [0.1, 0.15) is 38.3 Å². The molecule has 2 aliphatic heterocycles. The fourth-order valence-corrected chi connectivity index (χ4v) is 5.62. The maximum atomic E-state index is 13.1. The lowest BCUT2D eigenvalue weighted by Crippen LogP contribution is -2.52. The average Bonchev–Trinajstić information content (AvgIpc) is 3.31. The summed E-state index contributed by atoms with van der Waals surface area (Å²) in [7, 11) is 0. The number of carbonyl (C=O) groups excluding carboxylic acids is 2. The van der Waals surface area contributed by atoms with Crippen molar-refractivity contribution in [1.82, 2.24) is 29.4 Å². The van der Waals surface area contributed by atoms with Crippen LogP contribution in [0, 0.1) is 5.92 Å². The number of urea groups is 1. The molecule has 2 saturated heterocycles. The Hall–Kier alpha value is -2.30. The number of rotatable bonds is 4. The molecule has 2 aromatic rings. The number of thiazole rings is 1. The molecule has 2 aromatic heterocycles. The zero-order valence-electron chi connectivity index (χ0n) is 17.7. The van der Waals surface area contributed by atoms with Gasteiger partial charge in [0, 0.05) is 50.4 Å². The lowest BCUT2D eigenvalue weighted by molar-refractivity contribution is -0.134. The second-order valence-electron chi connectivity index (χ2n) is 9.10. The van der Waals surface area contributed by atoms with Crippen LogP contribution in [0.2, 0.25) is 0 Å². The highest BCUT2D eigenvalue weighted by atomic mass is 32.1. The van der Waals surface area contributed by atoms with Crippen LogP contribution in [0.25, 0.3) is 4.96 Å². The molecule has 166 valence electrons. The molecular weight excluding hydrogens is 416 g/mol. The smallest absolute Gasteiger partial charge is 0.323 e. The van der Waals surface area contributed by atoms with E-state index in [2.05, 4.69) is 27.0 Å². The summed E-state index contributed by atoms with van der Waals surface area (Å²) in [5.74, 6) is 0.560. The van der Waals surface area contributed by atoms with Crippen molar-refractivity contribution >= 4 is 28.2 Å². The van der Waals surface area contributed by atoms with Gasteiger partial charge in [-0.3, -0.25) is 23.8 Å². The Morgan fingerprint density at radius 3 is 2.58 bits per heavy atom. The summed E-state index contributed by atoms with van der Waals surface area (Å²) in [6.07, 6.45) is 5.18. The van der Waals surface area contributed by atoms with Crippen molar-refractivity contribution in [2.45, 2.75) is 44.7 Å². The van der Waals surface area contributed by atoms with Crippen molar-refractivity contribution in [3.63, 3.8) is 0 Å². The largest absolute Gasteiger partial charge is 0.326 e. The van der Waals surface area contributed by atoms with Crippen molar-refractivity contribution in [2.75, 3.05) is 32.8 Å². The molecule has 10 heteroatoms. The highest BCUT2D eigenvalue weighted by Gasteiger charge is 2.52. The number of piperazine rings is 1. The third-order valence-corrected chi connectivity index (χ3v) is 7.68. The summed E-state index contributed by atoms with van der Waals surface area (Å²) >= 11 is 1.46. The van der Waals surface area contributed by atoms with Crippen molar-refractivity contribution < 1.29 is 9.59 Å². The molecule has 0 radical (unpaired) electrons. The van der Waals surface area contributed by atoms with Gasteiger partial charge in [-0.15, -0.1) is 11.3 Å². The summed E-state index contributed by atoms with van der Waals surface area (Å²) in [6.45, 7) is 6.31. The van der Waals surface area contributed by atoms with Gasteiger partial charge < -0.3 is 5.32 Å². The van der Waals surface area contributed by atoms with Gasteiger partial charge in [0.2, 0.25) is 0 Å². The van der Waals surface area contributed by atoms with E-state index in [-0.39, 0.29) is 17.5 Å². The molecule has 1 spiro atoms. The number of amides is 3. The monoisotopic (exact) mass is 444 g/mol. The summed E-state index contributed by atoms with van der Waals surface area (Å²) in [5.41, 5.74) is 0.0546. The van der Waals surface area contributed by atoms with E-state index in [9.17, 15) is 14.4 Å². The van der Waals surface area contributed by atoms with Gasteiger partial charge in [0.15, 0.2) is 4.96 Å². The number of hydrogen-bond acceptors (Lipinski definition) is 7. The Balaban J connectivity index is 1.17. The first kappa shape index (κ1) is 20.6. The van der Waals surface area contributed by atoms with Gasteiger partial charge in [-0.05, 0) is 31.6 Å². The molecule has 3 amide bonds. The summed E-state index contributed by atoms with van der Waals surface area (Å²) in [5, 5.41) is 4.86. The van der Waals surface area contributed by atoms with E-state index in [1.54, 1.807) is 16.7 Å². The first-order chi connectivity index (χ1) is 14.9. The van der Waals surface area contributed by atoms with Crippen molar-refractivity contribution in [3.8, 4) is 0 Å². The van der Waals surface area contributed by atoms with E-state index < -0.39 is 5.54 Å². The van der Waals surface area contributed by atoms with Crippen LogP contribution in [0.4, 0.5) is 4.79 Å². The molecule has 1 aliphatic carbocycles. The van der Waals surface area contributed by atoms with Gasteiger partial charge in [-0.2, -0.15) is 0 Å². The van der Waals surface area contributed by atoms with Gasteiger partial charge in [-0.1, -0.05) is 6.92 Å². The Kier molecular flexibility index (Phi) is 5.31. The van der Waals surface area contributed by atoms with Crippen molar-refractivity contribution in [1.29, 1.82) is 0 Å². The fourth-order valence-electron chi connectivity index (χ4n) is 4.89. The lowest BCUT2D eigenvalue weighted by atomic mass is 9.77. The number of nitrogens with one attached hydrogen (secondary N) is 1. The maximum absolute atomic E-state index is 13.1. The Labute approximate surface area is 184 Å². The molecule has 31 heavy (non-hydrogen) atoms. The minimum Gasteiger partial charge on any atom is -0.323 e. The van der Waals surface area contributed by atoms with Crippen LogP contribution >= 0.6 is 11.3 Å².